The topological polar surface area (TPSA) is 82.5 Å². The van der Waals surface area contributed by atoms with E-state index in [2.05, 4.69) is 0 Å². The van der Waals surface area contributed by atoms with Gasteiger partial charge in [-0.1, -0.05) is 6.08 Å². The summed E-state index contributed by atoms with van der Waals surface area (Å²) in [5.41, 5.74) is 2.53. The highest BCUT2D eigenvalue weighted by Gasteiger charge is 2.40. The number of allylic oxidation sites excluding steroid dienone is 2. The summed E-state index contributed by atoms with van der Waals surface area (Å²) in [6, 6.07) is 0. The van der Waals surface area contributed by atoms with Crippen LogP contribution in [-0.4, -0.2) is 50.9 Å². The SMILES string of the molecule is CC1=C(N2CC2)C(=O)c2c(CO)c(C=CCO)n(C)c2C1=O. The van der Waals surface area contributed by atoms with Crippen LogP contribution in [0, 0.1) is 0 Å². The monoisotopic (exact) mass is 302 g/mol. The molecule has 0 bridgehead atoms. The van der Waals surface area contributed by atoms with Crippen molar-refractivity contribution in [2.24, 2.45) is 7.05 Å². The molecular weight excluding hydrogens is 284 g/mol. The molecule has 6 nitrogen and oxygen atoms in total. The highest BCUT2D eigenvalue weighted by Crippen LogP contribution is 2.35. The van der Waals surface area contributed by atoms with Gasteiger partial charge in [0.15, 0.2) is 0 Å². The Morgan fingerprint density at radius 2 is 1.86 bits per heavy atom. The molecule has 0 aromatic carbocycles. The second-order valence-corrected chi connectivity index (χ2v) is 5.51. The third kappa shape index (κ3) is 1.95. The maximum atomic E-state index is 12.8. The lowest BCUT2D eigenvalue weighted by atomic mass is 9.90. The van der Waals surface area contributed by atoms with Gasteiger partial charge >= 0.3 is 0 Å². The lowest BCUT2D eigenvalue weighted by Crippen LogP contribution is -2.26. The summed E-state index contributed by atoms with van der Waals surface area (Å²) in [6.45, 7) is 2.74. The van der Waals surface area contributed by atoms with E-state index in [9.17, 15) is 14.7 Å². The number of hydrogen-bond acceptors (Lipinski definition) is 5. The fourth-order valence-electron chi connectivity index (χ4n) is 3.04. The summed E-state index contributed by atoms with van der Waals surface area (Å²) in [6.07, 6.45) is 3.14. The van der Waals surface area contributed by atoms with E-state index in [1.807, 2.05) is 4.90 Å². The molecule has 1 saturated heterocycles. The summed E-state index contributed by atoms with van der Waals surface area (Å²) in [5, 5.41) is 18.6. The van der Waals surface area contributed by atoms with Crippen molar-refractivity contribution in [1.82, 2.24) is 9.47 Å². The molecule has 1 aliphatic carbocycles. The average Bonchev–Trinajstić information content (AvgIpc) is 3.28. The Morgan fingerprint density at radius 1 is 1.18 bits per heavy atom. The van der Waals surface area contributed by atoms with Crippen molar-refractivity contribution in [3.63, 3.8) is 0 Å². The number of ketones is 2. The van der Waals surface area contributed by atoms with Gasteiger partial charge in [-0.15, -0.1) is 0 Å². The molecule has 22 heavy (non-hydrogen) atoms. The first-order valence-corrected chi connectivity index (χ1v) is 7.18. The van der Waals surface area contributed by atoms with Crippen LogP contribution in [0.3, 0.4) is 0 Å². The second-order valence-electron chi connectivity index (χ2n) is 5.51. The van der Waals surface area contributed by atoms with Crippen molar-refractivity contribution >= 4 is 17.6 Å². The molecule has 2 N–H and O–H groups in total. The average molecular weight is 302 g/mol. The second kappa shape index (κ2) is 5.23. The smallest absolute Gasteiger partial charge is 0.212 e. The molecule has 0 amide bonds. The molecule has 0 radical (unpaired) electrons. The van der Waals surface area contributed by atoms with Crippen LogP contribution in [0.5, 0.6) is 0 Å². The molecule has 6 heteroatoms. The van der Waals surface area contributed by atoms with Crippen LogP contribution in [0.2, 0.25) is 0 Å². The summed E-state index contributed by atoms with van der Waals surface area (Å²) in [7, 11) is 1.69. The van der Waals surface area contributed by atoms with Crippen LogP contribution in [0.4, 0.5) is 0 Å². The van der Waals surface area contributed by atoms with E-state index in [-0.39, 0.29) is 24.8 Å². The molecule has 2 heterocycles. The Hall–Kier alpha value is -2.18. The molecule has 1 aromatic heterocycles. The zero-order valence-electron chi connectivity index (χ0n) is 12.6. The number of aromatic nitrogens is 1. The predicted molar refractivity (Wildman–Crippen MR) is 80.4 cm³/mol. The molecule has 2 aliphatic rings. The summed E-state index contributed by atoms with van der Waals surface area (Å²) in [5.74, 6) is -0.384. The van der Waals surface area contributed by atoms with Gasteiger partial charge < -0.3 is 19.7 Å². The van der Waals surface area contributed by atoms with Crippen LogP contribution in [0.15, 0.2) is 17.3 Å². The van der Waals surface area contributed by atoms with Crippen LogP contribution in [-0.2, 0) is 13.7 Å². The van der Waals surface area contributed by atoms with Crippen molar-refractivity contribution in [3.8, 4) is 0 Å². The number of fused-ring (bicyclic) bond motifs is 1. The molecule has 1 fully saturated rings. The van der Waals surface area contributed by atoms with Gasteiger partial charge in [0.25, 0.3) is 0 Å². The molecule has 1 aromatic rings. The van der Waals surface area contributed by atoms with Gasteiger partial charge in [0, 0.05) is 37.0 Å². The predicted octanol–water partition coefficient (Wildman–Crippen LogP) is 0.492. The zero-order chi connectivity index (χ0) is 16.0. The number of aliphatic hydroxyl groups excluding tert-OH is 2. The number of rotatable bonds is 4. The van der Waals surface area contributed by atoms with Gasteiger partial charge in [0.2, 0.25) is 11.6 Å². The summed E-state index contributed by atoms with van der Waals surface area (Å²) < 4.78 is 1.62. The Morgan fingerprint density at radius 3 is 2.41 bits per heavy atom. The number of carbonyl (C=O) groups is 2. The maximum absolute atomic E-state index is 12.8. The number of hydrogen-bond donors (Lipinski definition) is 2. The van der Waals surface area contributed by atoms with Crippen molar-refractivity contribution in [1.29, 1.82) is 0 Å². The minimum atomic E-state index is -0.334. The number of carbonyl (C=O) groups excluding carboxylic acids is 2. The first-order valence-electron chi connectivity index (χ1n) is 7.18. The molecule has 0 unspecified atom stereocenters. The fraction of sp³-hybridized carbons (Fsp3) is 0.375. The Bertz CT molecular complexity index is 736. The van der Waals surface area contributed by atoms with Crippen LogP contribution in [0.25, 0.3) is 6.08 Å². The molecule has 1 aliphatic heterocycles. The van der Waals surface area contributed by atoms with Crippen LogP contribution in [0.1, 0.15) is 39.0 Å². The quantitative estimate of drug-likeness (QED) is 0.791. The zero-order valence-corrected chi connectivity index (χ0v) is 12.6. The fourth-order valence-corrected chi connectivity index (χ4v) is 3.04. The van der Waals surface area contributed by atoms with Gasteiger partial charge in [-0.25, -0.2) is 0 Å². The first kappa shape index (κ1) is 14.7. The van der Waals surface area contributed by atoms with Gasteiger partial charge in [-0.2, -0.15) is 0 Å². The molecule has 116 valence electrons. The van der Waals surface area contributed by atoms with Crippen molar-refractivity contribution in [2.45, 2.75) is 13.5 Å². The van der Waals surface area contributed by atoms with Gasteiger partial charge in [-0.3, -0.25) is 9.59 Å². The number of Topliss-reactive ketones (excluding diaryl/α,β-unsaturated/α-hetero) is 2. The molecular formula is C16H18N2O4. The Labute approximate surface area is 128 Å². The minimum Gasteiger partial charge on any atom is -0.392 e. The van der Waals surface area contributed by atoms with Gasteiger partial charge in [0.05, 0.1) is 24.5 Å². The highest BCUT2D eigenvalue weighted by molar-refractivity contribution is 6.27. The largest absolute Gasteiger partial charge is 0.392 e. The molecule has 3 rings (SSSR count). The third-order valence-electron chi connectivity index (χ3n) is 4.20. The van der Waals surface area contributed by atoms with E-state index in [0.29, 0.717) is 33.8 Å². The molecule has 0 atom stereocenters. The number of aliphatic hydroxyl groups is 2. The van der Waals surface area contributed by atoms with Crippen LogP contribution >= 0.6 is 0 Å². The summed E-state index contributed by atoms with van der Waals surface area (Å²) >= 11 is 0. The molecule has 0 saturated carbocycles. The van der Waals surface area contributed by atoms with Crippen molar-refractivity contribution in [3.05, 3.63) is 39.9 Å². The standard InChI is InChI=1S/C16H18N2O4/c1-9-13(18-5-6-18)16(22)12-10(8-20)11(4-3-7-19)17(2)14(12)15(9)21/h3-4,19-20H,5-8H2,1-2H3. The molecule has 0 spiro atoms. The van der Waals surface area contributed by atoms with Crippen LogP contribution < -0.4 is 0 Å². The Kier molecular flexibility index (Phi) is 3.50. The Balaban J connectivity index is 2.24. The maximum Gasteiger partial charge on any atom is 0.212 e. The van der Waals surface area contributed by atoms with E-state index >= 15 is 0 Å². The van der Waals surface area contributed by atoms with Gasteiger partial charge in [-0.05, 0) is 13.0 Å². The van der Waals surface area contributed by atoms with Crippen molar-refractivity contribution in [2.75, 3.05) is 19.7 Å². The highest BCUT2D eigenvalue weighted by atomic mass is 16.3. The van der Waals surface area contributed by atoms with E-state index in [1.165, 1.54) is 6.08 Å². The van der Waals surface area contributed by atoms with Crippen molar-refractivity contribution < 1.29 is 19.8 Å². The van der Waals surface area contributed by atoms with E-state index in [4.69, 9.17) is 5.11 Å². The normalized spacial score (nSPS) is 17.7. The van der Waals surface area contributed by atoms with Gasteiger partial charge in [0.1, 0.15) is 5.69 Å². The summed E-state index contributed by atoms with van der Waals surface area (Å²) in [4.78, 5) is 27.4. The minimum absolute atomic E-state index is 0.154. The van der Waals surface area contributed by atoms with E-state index in [1.54, 1.807) is 24.6 Å². The lowest BCUT2D eigenvalue weighted by Gasteiger charge is -2.19. The van der Waals surface area contributed by atoms with E-state index in [0.717, 1.165) is 13.1 Å². The lowest BCUT2D eigenvalue weighted by molar-refractivity contribution is 0.0954. The number of nitrogens with zero attached hydrogens (tertiary/aromatic N) is 2. The first-order chi connectivity index (χ1) is 10.5. The third-order valence-corrected chi connectivity index (χ3v) is 4.20. The van der Waals surface area contributed by atoms with E-state index < -0.39 is 0 Å².